The highest BCUT2D eigenvalue weighted by atomic mass is 16.5. The Kier molecular flexibility index (Phi) is 9.76. The van der Waals surface area contributed by atoms with Crippen molar-refractivity contribution in [1.82, 2.24) is 10.5 Å². The summed E-state index contributed by atoms with van der Waals surface area (Å²) in [5, 5.41) is 41.5. The van der Waals surface area contributed by atoms with E-state index in [1.165, 1.54) is 30.4 Å². The molecule has 0 saturated heterocycles. The summed E-state index contributed by atoms with van der Waals surface area (Å²) >= 11 is 0. The zero-order valence-corrected chi connectivity index (χ0v) is 19.4. The van der Waals surface area contributed by atoms with Crippen LogP contribution < -0.4 is 5.32 Å². The first-order chi connectivity index (χ1) is 16.0. The number of nitrogens with one attached hydrogen (secondary N) is 1. The Labute approximate surface area is 197 Å². The Morgan fingerprint density at radius 2 is 1.68 bits per heavy atom. The third-order valence-electron chi connectivity index (χ3n) is 5.77. The molecule has 1 aliphatic rings. The maximum Gasteiger partial charge on any atom is 0.336 e. The zero-order chi connectivity index (χ0) is 25.3. The molecule has 5 N–H and O–H groups in total. The lowest BCUT2D eigenvalue weighted by Gasteiger charge is -2.20. The van der Waals surface area contributed by atoms with Crippen molar-refractivity contribution in [2.24, 2.45) is 5.92 Å². The number of nitrogens with zero attached hydrogens (tertiary/aromatic N) is 1. The molecular weight excluding hydrogens is 444 g/mol. The standard InChI is InChI=1S/C18H24N2O.C6H8O7/c1-13-6-8-15(9-7-13)12-19-18-5-3-4-16(18)11-17-10-14(2)20-21-17;7-3(8)1-6(13,5(11)12)2-4(9)10/h6-10,16,18-19H,3-5,11-12H2,1-2H3;13H,1-2H2,(H,7,8)(H,9,10)(H,11,12)/t16-,18+;/m0./s1. The van der Waals surface area contributed by atoms with Crippen molar-refractivity contribution < 1.29 is 39.3 Å². The first kappa shape index (κ1) is 27.0. The predicted molar refractivity (Wildman–Crippen MR) is 121 cm³/mol. The molecule has 1 fully saturated rings. The van der Waals surface area contributed by atoms with E-state index in [2.05, 4.69) is 47.7 Å². The normalized spacial score (nSPS) is 17.6. The van der Waals surface area contributed by atoms with Crippen molar-refractivity contribution in [2.75, 3.05) is 0 Å². The molecule has 3 rings (SSSR count). The summed E-state index contributed by atoms with van der Waals surface area (Å²) in [7, 11) is 0. The van der Waals surface area contributed by atoms with E-state index in [4.69, 9.17) is 24.9 Å². The molecule has 34 heavy (non-hydrogen) atoms. The molecule has 0 bridgehead atoms. The number of carboxylic acids is 3. The lowest BCUT2D eigenvalue weighted by atomic mass is 9.96. The van der Waals surface area contributed by atoms with Gasteiger partial charge in [0.1, 0.15) is 5.76 Å². The van der Waals surface area contributed by atoms with Gasteiger partial charge >= 0.3 is 17.9 Å². The number of hydrogen-bond acceptors (Lipinski definition) is 7. The maximum atomic E-state index is 10.3. The fraction of sp³-hybridized carbons (Fsp3) is 0.500. The predicted octanol–water partition coefficient (Wildman–Crippen LogP) is 2.54. The lowest BCUT2D eigenvalue weighted by molar-refractivity contribution is -0.170. The number of rotatable bonds is 10. The number of carboxylic acid groups (broad SMARTS) is 3. The molecule has 1 aromatic carbocycles. The molecule has 0 spiro atoms. The van der Waals surface area contributed by atoms with Gasteiger partial charge in [-0.15, -0.1) is 0 Å². The second kappa shape index (κ2) is 12.3. The van der Waals surface area contributed by atoms with E-state index in [-0.39, 0.29) is 0 Å². The minimum Gasteiger partial charge on any atom is -0.481 e. The summed E-state index contributed by atoms with van der Waals surface area (Å²) in [6.45, 7) is 5.06. The largest absolute Gasteiger partial charge is 0.481 e. The van der Waals surface area contributed by atoms with E-state index in [0.29, 0.717) is 12.0 Å². The number of aliphatic carboxylic acids is 3. The third-order valence-corrected chi connectivity index (χ3v) is 5.77. The van der Waals surface area contributed by atoms with Crippen LogP contribution >= 0.6 is 0 Å². The van der Waals surface area contributed by atoms with E-state index >= 15 is 0 Å². The summed E-state index contributed by atoms with van der Waals surface area (Å²) < 4.78 is 5.37. The average Bonchev–Trinajstić information content (AvgIpc) is 3.35. The Bertz CT molecular complexity index is 954. The fourth-order valence-electron chi connectivity index (χ4n) is 3.99. The van der Waals surface area contributed by atoms with Gasteiger partial charge in [-0.25, -0.2) is 4.79 Å². The fourth-order valence-corrected chi connectivity index (χ4v) is 3.99. The summed E-state index contributed by atoms with van der Waals surface area (Å²) in [5.41, 5.74) is 0.921. The van der Waals surface area contributed by atoms with Crippen LogP contribution in [0.15, 0.2) is 34.9 Å². The number of aliphatic hydroxyl groups is 1. The van der Waals surface area contributed by atoms with E-state index in [0.717, 1.165) is 24.4 Å². The van der Waals surface area contributed by atoms with Gasteiger partial charge in [-0.2, -0.15) is 0 Å². The summed E-state index contributed by atoms with van der Waals surface area (Å²) in [6.07, 6.45) is 2.58. The molecular formula is C24H32N2O8. The molecule has 0 amide bonds. The minimum absolute atomic E-state index is 0.594. The molecule has 1 saturated carbocycles. The SMILES string of the molecule is Cc1ccc(CN[C@@H]2CCC[C@H]2Cc2cc(C)no2)cc1.O=C(O)CC(O)(CC(=O)O)C(=O)O. The van der Waals surface area contributed by atoms with Gasteiger partial charge in [0.15, 0.2) is 5.60 Å². The van der Waals surface area contributed by atoms with Crippen LogP contribution in [0.25, 0.3) is 0 Å². The molecule has 1 heterocycles. The monoisotopic (exact) mass is 476 g/mol. The van der Waals surface area contributed by atoms with Crippen LogP contribution in [0, 0.1) is 19.8 Å². The van der Waals surface area contributed by atoms with Crippen molar-refractivity contribution in [3.63, 3.8) is 0 Å². The molecule has 0 aliphatic heterocycles. The summed E-state index contributed by atoms with van der Waals surface area (Å²) in [4.78, 5) is 30.5. The Balaban J connectivity index is 0.000000273. The number of aryl methyl sites for hydroxylation is 2. The van der Waals surface area contributed by atoms with Crippen LogP contribution in [0.3, 0.4) is 0 Å². The number of carbonyl (C=O) groups is 3. The second-order valence-electron chi connectivity index (χ2n) is 8.78. The molecule has 0 unspecified atom stereocenters. The summed E-state index contributed by atoms with van der Waals surface area (Å²) in [5.74, 6) is -3.32. The van der Waals surface area contributed by atoms with Crippen molar-refractivity contribution in [3.05, 3.63) is 52.9 Å². The Morgan fingerprint density at radius 1 is 1.06 bits per heavy atom. The highest BCUT2D eigenvalue weighted by molar-refractivity contribution is 5.88. The van der Waals surface area contributed by atoms with Crippen LogP contribution in [0.4, 0.5) is 0 Å². The molecule has 2 atom stereocenters. The van der Waals surface area contributed by atoms with Gasteiger partial charge in [0.2, 0.25) is 0 Å². The highest BCUT2D eigenvalue weighted by Crippen LogP contribution is 2.29. The van der Waals surface area contributed by atoms with E-state index < -0.39 is 36.4 Å². The van der Waals surface area contributed by atoms with Crippen LogP contribution in [-0.2, 0) is 27.3 Å². The van der Waals surface area contributed by atoms with Crippen molar-refractivity contribution in [3.8, 4) is 0 Å². The zero-order valence-electron chi connectivity index (χ0n) is 19.4. The topological polar surface area (TPSA) is 170 Å². The van der Waals surface area contributed by atoms with Crippen molar-refractivity contribution in [2.45, 2.75) is 70.6 Å². The van der Waals surface area contributed by atoms with Gasteiger partial charge < -0.3 is 30.3 Å². The van der Waals surface area contributed by atoms with Gasteiger partial charge in [0.05, 0.1) is 18.5 Å². The smallest absolute Gasteiger partial charge is 0.336 e. The van der Waals surface area contributed by atoms with Gasteiger partial charge in [-0.3, -0.25) is 9.59 Å². The summed E-state index contributed by atoms with van der Waals surface area (Å²) in [6, 6.07) is 11.4. The van der Waals surface area contributed by atoms with E-state index in [1.54, 1.807) is 0 Å². The van der Waals surface area contributed by atoms with Crippen molar-refractivity contribution >= 4 is 17.9 Å². The maximum absolute atomic E-state index is 10.3. The van der Waals surface area contributed by atoms with Crippen LogP contribution in [0.2, 0.25) is 0 Å². The molecule has 186 valence electrons. The van der Waals surface area contributed by atoms with E-state index in [1.807, 2.05) is 6.92 Å². The minimum atomic E-state index is -2.74. The number of benzene rings is 1. The van der Waals surface area contributed by atoms with Gasteiger partial charge in [0.25, 0.3) is 0 Å². The Morgan fingerprint density at radius 3 is 2.18 bits per heavy atom. The number of aromatic nitrogens is 1. The van der Waals surface area contributed by atoms with Gasteiger partial charge in [-0.05, 0) is 38.2 Å². The first-order valence-electron chi connectivity index (χ1n) is 11.1. The van der Waals surface area contributed by atoms with Gasteiger partial charge in [0, 0.05) is 25.1 Å². The van der Waals surface area contributed by atoms with Crippen molar-refractivity contribution in [1.29, 1.82) is 0 Å². The van der Waals surface area contributed by atoms with Gasteiger partial charge in [-0.1, -0.05) is 41.4 Å². The van der Waals surface area contributed by atoms with Crippen LogP contribution in [0.5, 0.6) is 0 Å². The highest BCUT2D eigenvalue weighted by Gasteiger charge is 2.40. The lowest BCUT2D eigenvalue weighted by Crippen LogP contribution is -2.42. The molecule has 1 aromatic heterocycles. The van der Waals surface area contributed by atoms with Crippen LogP contribution in [-0.4, -0.2) is 55.1 Å². The Hall–Kier alpha value is -3.24. The second-order valence-corrected chi connectivity index (χ2v) is 8.78. The molecule has 1 aliphatic carbocycles. The third kappa shape index (κ3) is 8.60. The number of hydrogen-bond donors (Lipinski definition) is 5. The van der Waals surface area contributed by atoms with Crippen LogP contribution in [0.1, 0.15) is 54.7 Å². The average molecular weight is 477 g/mol. The quantitative estimate of drug-likeness (QED) is 0.343. The molecule has 10 nitrogen and oxygen atoms in total. The molecule has 0 radical (unpaired) electrons. The molecule has 2 aromatic rings. The molecule has 10 heteroatoms. The first-order valence-corrected chi connectivity index (χ1v) is 11.1. The van der Waals surface area contributed by atoms with E-state index in [9.17, 15) is 14.4 Å².